The summed E-state index contributed by atoms with van der Waals surface area (Å²) in [6.07, 6.45) is 0. The Balaban J connectivity index is 2.52. The van der Waals surface area contributed by atoms with E-state index in [9.17, 15) is 4.79 Å². The van der Waals surface area contributed by atoms with Crippen LogP contribution in [0.2, 0.25) is 0 Å². The molecule has 0 spiro atoms. The Labute approximate surface area is 66.0 Å². The highest BCUT2D eigenvalue weighted by molar-refractivity contribution is 6.27. The van der Waals surface area contributed by atoms with Crippen molar-refractivity contribution in [3.63, 3.8) is 0 Å². The lowest BCUT2D eigenvalue weighted by molar-refractivity contribution is 0.0698. The van der Waals surface area contributed by atoms with Gasteiger partial charge in [-0.2, -0.15) is 0 Å². The van der Waals surface area contributed by atoms with E-state index >= 15 is 0 Å². The van der Waals surface area contributed by atoms with Crippen LogP contribution < -0.4 is 4.43 Å². The van der Waals surface area contributed by atoms with E-state index in [-0.39, 0.29) is 16.0 Å². The zero-order valence-electron chi connectivity index (χ0n) is 5.53. The molecule has 3 nitrogen and oxygen atoms in total. The minimum atomic E-state index is -0.301. The van der Waals surface area contributed by atoms with E-state index in [0.717, 1.165) is 0 Å². The van der Waals surface area contributed by atoms with Crippen molar-refractivity contribution in [2.45, 2.75) is 0 Å². The summed E-state index contributed by atoms with van der Waals surface area (Å²) in [5, 5.41) is 0. The molecule has 11 heavy (non-hydrogen) atoms. The van der Waals surface area contributed by atoms with Crippen LogP contribution in [0.25, 0.3) is 0 Å². The standard InChI is InChI=1S/C7H4O3Si/c8-7-5-3-1-2-4-6(5)9-11-10-7/h1-4H. The highest BCUT2D eigenvalue weighted by Gasteiger charge is 2.20. The van der Waals surface area contributed by atoms with Crippen LogP contribution in [0.1, 0.15) is 10.4 Å². The molecule has 1 aromatic rings. The van der Waals surface area contributed by atoms with Crippen LogP contribution in [0, 0.1) is 0 Å². The van der Waals surface area contributed by atoms with Gasteiger partial charge in [-0.25, -0.2) is 4.79 Å². The molecule has 0 amide bonds. The summed E-state index contributed by atoms with van der Waals surface area (Å²) in [4.78, 5) is 11.0. The van der Waals surface area contributed by atoms with E-state index in [2.05, 4.69) is 4.43 Å². The molecule has 0 fully saturated rings. The Kier molecular flexibility index (Phi) is 1.40. The maximum absolute atomic E-state index is 11.0. The fraction of sp³-hybridized carbons (Fsp3) is 0. The van der Waals surface area contributed by atoms with Crippen LogP contribution in [-0.4, -0.2) is 16.0 Å². The van der Waals surface area contributed by atoms with Crippen molar-refractivity contribution in [2.75, 3.05) is 0 Å². The van der Waals surface area contributed by atoms with Gasteiger partial charge in [0.1, 0.15) is 5.75 Å². The second-order valence-electron chi connectivity index (χ2n) is 2.07. The normalized spacial score (nSPS) is 14.7. The molecule has 2 rings (SSSR count). The molecule has 54 valence electrons. The molecule has 2 radical (unpaired) electrons. The van der Waals surface area contributed by atoms with Gasteiger partial charge in [-0.3, -0.25) is 0 Å². The minimum absolute atomic E-state index is 0.201. The summed E-state index contributed by atoms with van der Waals surface area (Å²) in [5.41, 5.74) is 0.506. The summed E-state index contributed by atoms with van der Waals surface area (Å²) in [5.74, 6) is 0.312. The van der Waals surface area contributed by atoms with E-state index in [1.807, 2.05) is 6.07 Å². The number of carbonyl (C=O) groups excluding carboxylic acids is 1. The Morgan fingerprint density at radius 1 is 1.18 bits per heavy atom. The van der Waals surface area contributed by atoms with Crippen LogP contribution >= 0.6 is 0 Å². The van der Waals surface area contributed by atoms with Crippen molar-refractivity contribution in [1.29, 1.82) is 0 Å². The van der Waals surface area contributed by atoms with Gasteiger partial charge in [0.2, 0.25) is 0 Å². The number of benzene rings is 1. The molecule has 4 heteroatoms. The summed E-state index contributed by atoms with van der Waals surface area (Å²) in [7, 11) is -0.201. The molecule has 1 heterocycles. The molecule has 0 aromatic heterocycles. The molecule has 0 aliphatic carbocycles. The lowest BCUT2D eigenvalue weighted by atomic mass is 10.2. The molecule has 1 aliphatic heterocycles. The first-order valence-corrected chi connectivity index (χ1v) is 3.91. The minimum Gasteiger partial charge on any atom is -0.507 e. The second-order valence-corrected chi connectivity index (χ2v) is 2.65. The third-order valence-electron chi connectivity index (χ3n) is 1.39. The van der Waals surface area contributed by atoms with Crippen molar-refractivity contribution in [3.05, 3.63) is 29.8 Å². The van der Waals surface area contributed by atoms with Crippen molar-refractivity contribution in [2.24, 2.45) is 0 Å². The average molecular weight is 164 g/mol. The van der Waals surface area contributed by atoms with Crippen molar-refractivity contribution < 1.29 is 13.6 Å². The third kappa shape index (κ3) is 1.01. The number of fused-ring (bicyclic) bond motifs is 1. The molecule has 1 aromatic carbocycles. The SMILES string of the molecule is O=C1O[Si]Oc2ccccc21. The fourth-order valence-electron chi connectivity index (χ4n) is 0.883. The number of hydrogen-bond donors (Lipinski definition) is 0. The largest absolute Gasteiger partial charge is 0.612 e. The van der Waals surface area contributed by atoms with E-state index in [4.69, 9.17) is 4.43 Å². The molecule has 0 saturated carbocycles. The Hall–Kier alpha value is -1.29. The zero-order chi connectivity index (χ0) is 7.68. The van der Waals surface area contributed by atoms with Gasteiger partial charge in [-0.05, 0) is 12.1 Å². The molecular formula is C7H4O3Si. The first-order chi connectivity index (χ1) is 5.38. The summed E-state index contributed by atoms with van der Waals surface area (Å²) < 4.78 is 9.75. The third-order valence-corrected chi connectivity index (χ3v) is 1.96. The number of carbonyl (C=O) groups is 1. The molecule has 0 atom stereocenters. The first kappa shape index (κ1) is 6.42. The number of hydrogen-bond acceptors (Lipinski definition) is 3. The quantitative estimate of drug-likeness (QED) is 0.531. The van der Waals surface area contributed by atoms with Gasteiger partial charge in [0.25, 0.3) is 0 Å². The maximum atomic E-state index is 11.0. The summed E-state index contributed by atoms with van der Waals surface area (Å²) >= 11 is 0. The van der Waals surface area contributed by atoms with Gasteiger partial charge in [-0.15, -0.1) is 0 Å². The van der Waals surface area contributed by atoms with E-state index in [1.54, 1.807) is 18.2 Å². The Morgan fingerprint density at radius 3 is 2.82 bits per heavy atom. The van der Waals surface area contributed by atoms with Crippen LogP contribution in [0.15, 0.2) is 24.3 Å². The van der Waals surface area contributed by atoms with Gasteiger partial charge in [0, 0.05) is 0 Å². The molecule has 0 bridgehead atoms. The predicted octanol–water partition coefficient (Wildman–Crippen LogP) is 0.770. The lowest BCUT2D eigenvalue weighted by Crippen LogP contribution is -2.21. The van der Waals surface area contributed by atoms with Crippen molar-refractivity contribution >= 4 is 16.0 Å². The number of para-hydroxylation sites is 1. The highest BCUT2D eigenvalue weighted by atomic mass is 28.3. The fourth-order valence-corrected chi connectivity index (χ4v) is 1.38. The van der Waals surface area contributed by atoms with Crippen molar-refractivity contribution in [1.82, 2.24) is 0 Å². The Bertz CT molecular complexity index is 297. The molecule has 0 N–H and O–H groups in total. The maximum Gasteiger partial charge on any atom is 0.612 e. The van der Waals surface area contributed by atoms with Crippen LogP contribution in [0.3, 0.4) is 0 Å². The summed E-state index contributed by atoms with van der Waals surface area (Å²) in [6, 6.07) is 7.03. The molecule has 1 aliphatic rings. The van der Waals surface area contributed by atoms with Gasteiger partial charge in [0.15, 0.2) is 0 Å². The van der Waals surface area contributed by atoms with Crippen LogP contribution in [0.4, 0.5) is 0 Å². The van der Waals surface area contributed by atoms with E-state index in [1.165, 1.54) is 0 Å². The topological polar surface area (TPSA) is 35.5 Å². The van der Waals surface area contributed by atoms with E-state index in [0.29, 0.717) is 11.3 Å². The molecule has 0 saturated heterocycles. The number of rotatable bonds is 0. The van der Waals surface area contributed by atoms with Gasteiger partial charge >= 0.3 is 16.0 Å². The van der Waals surface area contributed by atoms with Crippen molar-refractivity contribution in [3.8, 4) is 5.75 Å². The first-order valence-electron chi connectivity index (χ1n) is 3.10. The average Bonchev–Trinajstić information content (AvgIpc) is 2.06. The van der Waals surface area contributed by atoms with Gasteiger partial charge in [0.05, 0.1) is 5.56 Å². The van der Waals surface area contributed by atoms with Crippen LogP contribution in [-0.2, 0) is 4.43 Å². The summed E-state index contributed by atoms with van der Waals surface area (Å²) in [6.45, 7) is 0. The molecular weight excluding hydrogens is 160 g/mol. The zero-order valence-corrected chi connectivity index (χ0v) is 6.53. The monoisotopic (exact) mass is 164 g/mol. The van der Waals surface area contributed by atoms with Crippen LogP contribution in [0.5, 0.6) is 5.75 Å². The molecule has 0 unspecified atom stereocenters. The highest BCUT2D eigenvalue weighted by Crippen LogP contribution is 2.21. The van der Waals surface area contributed by atoms with Gasteiger partial charge < -0.3 is 8.85 Å². The lowest BCUT2D eigenvalue weighted by Gasteiger charge is -2.13. The Morgan fingerprint density at radius 2 is 2.00 bits per heavy atom. The smallest absolute Gasteiger partial charge is 0.507 e. The second kappa shape index (κ2) is 2.39. The van der Waals surface area contributed by atoms with Gasteiger partial charge in [-0.1, -0.05) is 12.1 Å². The predicted molar refractivity (Wildman–Crippen MR) is 38.2 cm³/mol. The van der Waals surface area contributed by atoms with E-state index < -0.39 is 0 Å².